The minimum atomic E-state index is -1.54. The second-order valence-electron chi connectivity index (χ2n) is 7.48. The predicted molar refractivity (Wildman–Crippen MR) is 92.1 cm³/mol. The van der Waals surface area contributed by atoms with Gasteiger partial charge in [0.15, 0.2) is 5.79 Å². The molecule has 0 unspecified atom stereocenters. The van der Waals surface area contributed by atoms with Crippen LogP contribution in [-0.4, -0.2) is 47.9 Å². The lowest BCUT2D eigenvalue weighted by Gasteiger charge is -2.28. The van der Waals surface area contributed by atoms with Gasteiger partial charge in [-0.2, -0.15) is 0 Å². The molecule has 1 aromatic carbocycles. The molecule has 3 saturated heterocycles. The van der Waals surface area contributed by atoms with Crippen molar-refractivity contribution in [2.75, 3.05) is 13.2 Å². The highest BCUT2D eigenvalue weighted by atomic mass is 16.7. The molecule has 3 heterocycles. The SMILES string of the molecule is CCCCC[C@@]1(O)O[C@H]2[C@H](OCc3ccccc3)CO[C@]23COC(=O)[C@@H]31. The molecule has 1 N–H and O–H groups in total. The fraction of sp³-hybridized carbons (Fsp3) is 0.650. The molecule has 0 amide bonds. The zero-order valence-electron chi connectivity index (χ0n) is 15.1. The summed E-state index contributed by atoms with van der Waals surface area (Å²) in [7, 11) is 0. The van der Waals surface area contributed by atoms with Crippen LogP contribution in [0, 0.1) is 5.92 Å². The number of carbonyl (C=O) groups excluding carboxylic acids is 1. The minimum absolute atomic E-state index is 0.114. The van der Waals surface area contributed by atoms with Crippen LogP contribution in [0.15, 0.2) is 30.3 Å². The Morgan fingerprint density at radius 2 is 2.08 bits per heavy atom. The molecule has 142 valence electrons. The van der Waals surface area contributed by atoms with Crippen LogP contribution in [0.5, 0.6) is 0 Å². The Bertz CT molecular complexity index is 649. The van der Waals surface area contributed by atoms with Gasteiger partial charge in [0.05, 0.1) is 13.2 Å². The molecule has 4 rings (SSSR count). The van der Waals surface area contributed by atoms with Crippen molar-refractivity contribution in [1.29, 1.82) is 0 Å². The summed E-state index contributed by atoms with van der Waals surface area (Å²) in [6.07, 6.45) is 2.34. The normalized spacial score (nSPS) is 38.2. The van der Waals surface area contributed by atoms with Crippen molar-refractivity contribution >= 4 is 5.97 Å². The summed E-state index contributed by atoms with van der Waals surface area (Å²) in [6.45, 7) is 2.97. The maximum Gasteiger partial charge on any atom is 0.317 e. The molecule has 1 aromatic rings. The second kappa shape index (κ2) is 6.93. The Kier molecular flexibility index (Phi) is 4.77. The van der Waals surface area contributed by atoms with E-state index >= 15 is 0 Å². The fourth-order valence-electron chi connectivity index (χ4n) is 4.42. The Labute approximate surface area is 153 Å². The van der Waals surface area contributed by atoms with Gasteiger partial charge in [-0.1, -0.05) is 50.1 Å². The molecular formula is C20H26O6. The number of ether oxygens (including phenoxy) is 4. The van der Waals surface area contributed by atoms with Gasteiger partial charge in [-0.05, 0) is 12.0 Å². The average molecular weight is 362 g/mol. The van der Waals surface area contributed by atoms with Crippen molar-refractivity contribution in [2.45, 2.75) is 62.8 Å². The fourth-order valence-corrected chi connectivity index (χ4v) is 4.42. The summed E-state index contributed by atoms with van der Waals surface area (Å²) < 4.78 is 23.4. The highest BCUT2D eigenvalue weighted by Crippen LogP contribution is 2.54. The molecule has 1 spiro atoms. The largest absolute Gasteiger partial charge is 0.462 e. The molecule has 3 fully saturated rings. The van der Waals surface area contributed by atoms with Crippen molar-refractivity contribution in [1.82, 2.24) is 0 Å². The number of unbranched alkanes of at least 4 members (excludes halogenated alkanes) is 2. The van der Waals surface area contributed by atoms with E-state index in [-0.39, 0.29) is 12.7 Å². The first kappa shape index (κ1) is 17.9. The highest BCUT2D eigenvalue weighted by molar-refractivity contribution is 5.78. The number of rotatable bonds is 7. The summed E-state index contributed by atoms with van der Waals surface area (Å²) in [4.78, 5) is 12.3. The summed E-state index contributed by atoms with van der Waals surface area (Å²) in [5, 5.41) is 11.1. The van der Waals surface area contributed by atoms with Gasteiger partial charge in [0.1, 0.15) is 30.3 Å². The van der Waals surface area contributed by atoms with Gasteiger partial charge in [0.25, 0.3) is 0 Å². The minimum Gasteiger partial charge on any atom is -0.462 e. The molecular weight excluding hydrogens is 336 g/mol. The van der Waals surface area contributed by atoms with Gasteiger partial charge < -0.3 is 24.1 Å². The molecule has 5 atom stereocenters. The summed E-state index contributed by atoms with van der Waals surface area (Å²) in [5.41, 5.74) is 0.124. The lowest BCUT2D eigenvalue weighted by atomic mass is 9.81. The quantitative estimate of drug-likeness (QED) is 0.592. The number of benzene rings is 1. The zero-order valence-corrected chi connectivity index (χ0v) is 15.1. The van der Waals surface area contributed by atoms with Crippen LogP contribution in [0.25, 0.3) is 0 Å². The topological polar surface area (TPSA) is 74.2 Å². The predicted octanol–water partition coefficient (Wildman–Crippen LogP) is 2.18. The van der Waals surface area contributed by atoms with E-state index < -0.39 is 29.4 Å². The van der Waals surface area contributed by atoms with Crippen LogP contribution in [-0.2, 0) is 30.3 Å². The Morgan fingerprint density at radius 1 is 1.27 bits per heavy atom. The van der Waals surface area contributed by atoms with E-state index in [1.54, 1.807) is 0 Å². The van der Waals surface area contributed by atoms with E-state index in [0.717, 1.165) is 24.8 Å². The van der Waals surface area contributed by atoms with E-state index in [1.807, 2.05) is 30.3 Å². The standard InChI is InChI=1S/C20H26O6/c1-2-3-7-10-20(22)16-18(21)24-13-19(16)17(26-20)15(12-25-19)23-11-14-8-5-4-6-9-14/h4-6,8-9,15-17,22H,2-3,7,10-13H2,1H3/t15-,16+,17+,19+,20-/m1/s1. The molecule has 0 aliphatic carbocycles. The number of hydrogen-bond donors (Lipinski definition) is 1. The van der Waals surface area contributed by atoms with Crippen molar-refractivity contribution < 1.29 is 28.8 Å². The van der Waals surface area contributed by atoms with Crippen LogP contribution in [0.2, 0.25) is 0 Å². The summed E-state index contributed by atoms with van der Waals surface area (Å²) >= 11 is 0. The van der Waals surface area contributed by atoms with Crippen LogP contribution in [0.1, 0.15) is 38.2 Å². The maximum atomic E-state index is 12.3. The number of esters is 1. The Morgan fingerprint density at radius 3 is 2.85 bits per heavy atom. The van der Waals surface area contributed by atoms with E-state index in [1.165, 1.54) is 0 Å². The van der Waals surface area contributed by atoms with E-state index in [0.29, 0.717) is 19.6 Å². The van der Waals surface area contributed by atoms with Crippen molar-refractivity contribution in [3.05, 3.63) is 35.9 Å². The first-order valence-electron chi connectivity index (χ1n) is 9.45. The smallest absolute Gasteiger partial charge is 0.317 e. The van der Waals surface area contributed by atoms with Gasteiger partial charge in [0, 0.05) is 6.42 Å². The van der Waals surface area contributed by atoms with Gasteiger partial charge in [0.2, 0.25) is 0 Å². The molecule has 0 bridgehead atoms. The molecule has 3 aliphatic heterocycles. The number of carbonyl (C=O) groups is 1. The first-order valence-corrected chi connectivity index (χ1v) is 9.45. The molecule has 0 saturated carbocycles. The highest BCUT2D eigenvalue weighted by Gasteiger charge is 2.75. The van der Waals surface area contributed by atoms with E-state index in [4.69, 9.17) is 18.9 Å². The Hall–Kier alpha value is -1.47. The van der Waals surface area contributed by atoms with Crippen molar-refractivity contribution in [3.8, 4) is 0 Å². The molecule has 26 heavy (non-hydrogen) atoms. The summed E-state index contributed by atoms with van der Waals surface area (Å²) in [5.74, 6) is -2.78. The number of cyclic esters (lactones) is 1. The summed E-state index contributed by atoms with van der Waals surface area (Å²) in [6, 6.07) is 9.87. The average Bonchev–Trinajstić information content (AvgIpc) is 3.23. The molecule has 0 aromatic heterocycles. The van der Waals surface area contributed by atoms with Gasteiger partial charge in [-0.15, -0.1) is 0 Å². The third kappa shape index (κ3) is 2.85. The third-order valence-electron chi connectivity index (χ3n) is 5.73. The van der Waals surface area contributed by atoms with Crippen LogP contribution in [0.3, 0.4) is 0 Å². The second-order valence-corrected chi connectivity index (χ2v) is 7.48. The lowest BCUT2D eigenvalue weighted by molar-refractivity contribution is -0.235. The number of aliphatic hydroxyl groups is 1. The van der Waals surface area contributed by atoms with Crippen molar-refractivity contribution in [2.24, 2.45) is 5.92 Å². The number of hydrogen-bond acceptors (Lipinski definition) is 6. The maximum absolute atomic E-state index is 12.3. The zero-order chi connectivity index (χ0) is 18.2. The lowest BCUT2D eigenvalue weighted by Crippen LogP contribution is -2.47. The first-order chi connectivity index (χ1) is 12.6. The van der Waals surface area contributed by atoms with Crippen LogP contribution < -0.4 is 0 Å². The molecule has 0 radical (unpaired) electrons. The molecule has 3 aliphatic rings. The van der Waals surface area contributed by atoms with Gasteiger partial charge >= 0.3 is 5.97 Å². The van der Waals surface area contributed by atoms with Crippen LogP contribution >= 0.6 is 0 Å². The molecule has 6 heteroatoms. The monoisotopic (exact) mass is 362 g/mol. The third-order valence-corrected chi connectivity index (χ3v) is 5.73. The van der Waals surface area contributed by atoms with Crippen molar-refractivity contribution in [3.63, 3.8) is 0 Å². The van der Waals surface area contributed by atoms with Gasteiger partial charge in [-0.3, -0.25) is 4.79 Å². The van der Waals surface area contributed by atoms with E-state index in [2.05, 4.69) is 6.92 Å². The Balaban J connectivity index is 1.50. The van der Waals surface area contributed by atoms with Gasteiger partial charge in [-0.25, -0.2) is 0 Å². The molecule has 6 nitrogen and oxygen atoms in total. The van der Waals surface area contributed by atoms with E-state index in [9.17, 15) is 9.90 Å². The van der Waals surface area contributed by atoms with Crippen LogP contribution in [0.4, 0.5) is 0 Å².